The van der Waals surface area contributed by atoms with Crippen molar-refractivity contribution in [2.24, 2.45) is 0 Å². The molecule has 0 spiro atoms. The second-order valence-electron chi connectivity index (χ2n) is 31.4. The van der Waals surface area contributed by atoms with Gasteiger partial charge in [0.15, 0.2) is 0 Å². The molecule has 15 aromatic rings. The molecular weight excluding hydrogens is 1200 g/mol. The number of hydrogen-bond donors (Lipinski definition) is 0. The monoisotopic (exact) mass is 1280 g/mol. The van der Waals surface area contributed by atoms with Crippen molar-refractivity contribution in [3.8, 4) is 61.3 Å². The van der Waals surface area contributed by atoms with Crippen molar-refractivity contribution in [2.75, 3.05) is 9.80 Å². The molecule has 5 heteroatoms. The number of fused-ring (bicyclic) bond motifs is 10. The Morgan fingerprint density at radius 1 is 0.323 bits per heavy atom. The van der Waals surface area contributed by atoms with Crippen LogP contribution in [0.5, 0.6) is 0 Å². The molecule has 0 saturated heterocycles. The number of nitrogens with zero attached hydrogens (tertiary/aromatic N) is 3. The maximum atomic E-state index is 9.65. The molecule has 0 aliphatic carbocycles. The van der Waals surface area contributed by atoms with E-state index in [-0.39, 0.29) is 51.4 Å². The number of furan rings is 1. The van der Waals surface area contributed by atoms with E-state index in [0.717, 1.165) is 139 Å². The van der Waals surface area contributed by atoms with Crippen LogP contribution in [0.1, 0.15) is 112 Å². The van der Waals surface area contributed by atoms with Gasteiger partial charge in [0.1, 0.15) is 11.2 Å². The van der Waals surface area contributed by atoms with E-state index >= 15 is 0 Å². The summed E-state index contributed by atoms with van der Waals surface area (Å²) in [5, 5.41) is 4.07. The second-order valence-corrected chi connectivity index (χ2v) is 31.4. The molecule has 0 unspecified atom stereocenters. The van der Waals surface area contributed by atoms with Crippen LogP contribution in [-0.2, 0) is 21.7 Å². The highest BCUT2D eigenvalue weighted by Gasteiger charge is 2.46. The normalized spacial score (nSPS) is 13.9. The Morgan fingerprint density at radius 3 is 1.29 bits per heavy atom. The van der Waals surface area contributed by atoms with Crippen molar-refractivity contribution in [1.29, 1.82) is 0 Å². The van der Waals surface area contributed by atoms with Crippen molar-refractivity contribution < 1.29 is 11.3 Å². The largest absolute Gasteiger partial charge is 0.456 e. The summed E-state index contributed by atoms with van der Waals surface area (Å²) in [5.74, 6) is 0. The lowest BCUT2D eigenvalue weighted by Gasteiger charge is -2.45. The first kappa shape index (κ1) is 56.2. The Bertz CT molecular complexity index is 5950. The van der Waals surface area contributed by atoms with Gasteiger partial charge < -0.3 is 18.8 Å². The number of hydrogen-bond acceptors (Lipinski definition) is 3. The van der Waals surface area contributed by atoms with Gasteiger partial charge >= 0.3 is 0 Å². The van der Waals surface area contributed by atoms with Crippen molar-refractivity contribution in [1.82, 2.24) is 4.57 Å². The third kappa shape index (κ3) is 10.3. The molecule has 13 aromatic carbocycles. The molecule has 4 nitrogen and oxygen atoms in total. The zero-order valence-corrected chi connectivity index (χ0v) is 58.5. The van der Waals surface area contributed by atoms with Gasteiger partial charge in [-0.3, -0.25) is 0 Å². The Labute approximate surface area is 590 Å². The molecule has 0 radical (unpaired) electrons. The Morgan fingerprint density at radius 2 is 0.758 bits per heavy atom. The minimum absolute atomic E-state index is 0.131. The zero-order valence-electron chi connectivity index (χ0n) is 63.5. The third-order valence-corrected chi connectivity index (χ3v) is 20.8. The first-order valence-corrected chi connectivity index (χ1v) is 34.8. The van der Waals surface area contributed by atoms with Gasteiger partial charge in [-0.05, 0) is 172 Å². The minimum atomic E-state index is -0.447. The van der Waals surface area contributed by atoms with Gasteiger partial charge in [-0.15, -0.1) is 0 Å². The summed E-state index contributed by atoms with van der Waals surface area (Å²) in [6, 6.07) is 89.6. The summed E-state index contributed by atoms with van der Waals surface area (Å²) in [6.45, 7) is 27.3. The Kier molecular flexibility index (Phi) is 13.0. The van der Waals surface area contributed by atoms with E-state index in [0.29, 0.717) is 11.1 Å². The molecule has 2 aliphatic heterocycles. The highest BCUT2D eigenvalue weighted by molar-refractivity contribution is 7.00. The Hall–Kier alpha value is -10.9. The molecule has 0 bridgehead atoms. The molecule has 0 N–H and O–H groups in total. The summed E-state index contributed by atoms with van der Waals surface area (Å²) in [4.78, 5) is 5.11. The summed E-state index contributed by atoms with van der Waals surface area (Å²) >= 11 is 0. The van der Waals surface area contributed by atoms with Crippen LogP contribution in [0.25, 0.3) is 105 Å². The minimum Gasteiger partial charge on any atom is -0.456 e. The fourth-order valence-electron chi connectivity index (χ4n) is 15.5. The topological polar surface area (TPSA) is 24.6 Å². The van der Waals surface area contributed by atoms with Gasteiger partial charge in [-0.25, -0.2) is 0 Å². The van der Waals surface area contributed by atoms with Gasteiger partial charge in [0.05, 0.1) is 34.6 Å². The smallest absolute Gasteiger partial charge is 0.252 e. The van der Waals surface area contributed by atoms with Crippen LogP contribution in [0, 0.1) is 0 Å². The second kappa shape index (κ2) is 22.9. The lowest BCUT2D eigenvalue weighted by Crippen LogP contribution is -2.61. The van der Waals surface area contributed by atoms with E-state index in [2.05, 4.69) is 328 Å². The highest BCUT2D eigenvalue weighted by atomic mass is 16.3. The Balaban J connectivity index is 1.11. The molecule has 0 amide bonds. The first-order chi connectivity index (χ1) is 49.7. The average molecular weight is 1290 g/mol. The summed E-state index contributed by atoms with van der Waals surface area (Å²) in [6.07, 6.45) is 0. The fraction of sp³-hybridized carbons (Fsp3) is 0.170. The molecule has 0 saturated carbocycles. The molecule has 2 aromatic heterocycles. The lowest BCUT2D eigenvalue weighted by molar-refractivity contribution is 0.568. The number of benzene rings is 13. The molecule has 482 valence electrons. The van der Waals surface area contributed by atoms with E-state index < -0.39 is 12.8 Å². The van der Waals surface area contributed by atoms with Crippen LogP contribution < -0.4 is 26.2 Å². The fourth-order valence-corrected chi connectivity index (χ4v) is 15.5. The number of rotatable bonds is 8. The maximum absolute atomic E-state index is 9.65. The average Bonchev–Trinajstić information content (AvgIpc) is 0.700. The van der Waals surface area contributed by atoms with Gasteiger partial charge in [0.25, 0.3) is 6.71 Å². The molecule has 0 fully saturated rings. The zero-order chi connectivity index (χ0) is 72.4. The summed E-state index contributed by atoms with van der Waals surface area (Å²) in [7, 11) is 0. The van der Waals surface area contributed by atoms with Crippen LogP contribution in [0.2, 0.25) is 0 Å². The van der Waals surface area contributed by atoms with E-state index in [1.54, 1.807) is 0 Å². The summed E-state index contributed by atoms with van der Waals surface area (Å²) < 4.78 is 55.8. The molecular formula is C94H82BN3O. The van der Waals surface area contributed by atoms with Crippen molar-refractivity contribution >= 4 is 101 Å². The molecule has 4 heterocycles. The highest BCUT2D eigenvalue weighted by Crippen LogP contribution is 2.56. The van der Waals surface area contributed by atoms with Gasteiger partial charge in [-0.2, -0.15) is 0 Å². The predicted octanol–water partition coefficient (Wildman–Crippen LogP) is 24.3. The number of anilines is 6. The van der Waals surface area contributed by atoms with Gasteiger partial charge in [0.2, 0.25) is 0 Å². The standard InChI is InChI=1S/C94H82BN3O/c1-91(2,3)67-49-64(50-68(57-67)92(4,5)6)63-42-46-77-81(54-63)97(89-72(60-31-19-14-20-32-60)43-47-79-86(89)74-37-25-27-39-78(74)96(79)71-35-23-16-24-36-71)82-55-66(65-51-69(93(7,8)9)58-70(52-65)94(10,11)12)56-83-88(82)95(77)76-45-41-62(59-29-17-13-18-30-59)53-80(76)98(83)90-73(61-33-21-15-22-34-61)44-48-85-87(90)75-38-26-28-40-84(75)99-85/h13-58H,1-12H3/i13D,17D,18D,29D,30D. The maximum Gasteiger partial charge on any atom is 0.252 e. The van der Waals surface area contributed by atoms with Crippen LogP contribution in [0.15, 0.2) is 283 Å². The number of para-hydroxylation sites is 3. The van der Waals surface area contributed by atoms with Crippen molar-refractivity contribution in [3.63, 3.8) is 0 Å². The number of aromatic nitrogens is 1. The lowest BCUT2D eigenvalue weighted by atomic mass is 9.33. The predicted molar refractivity (Wildman–Crippen MR) is 424 cm³/mol. The summed E-state index contributed by atoms with van der Waals surface area (Å²) in [5.41, 5.74) is 26.7. The van der Waals surface area contributed by atoms with E-state index in [1.807, 2.05) is 18.2 Å². The van der Waals surface area contributed by atoms with E-state index in [4.69, 9.17) is 8.53 Å². The first-order valence-electron chi connectivity index (χ1n) is 37.3. The van der Waals surface area contributed by atoms with Gasteiger partial charge in [-0.1, -0.05) is 295 Å². The van der Waals surface area contributed by atoms with Crippen molar-refractivity contribution in [3.05, 3.63) is 301 Å². The van der Waals surface area contributed by atoms with Crippen molar-refractivity contribution in [2.45, 2.75) is 105 Å². The van der Waals surface area contributed by atoms with Crippen LogP contribution in [0.3, 0.4) is 0 Å². The van der Waals surface area contributed by atoms with Crippen LogP contribution >= 0.6 is 0 Å². The van der Waals surface area contributed by atoms with E-state index in [1.165, 1.54) is 22.3 Å². The van der Waals surface area contributed by atoms with Gasteiger partial charge in [0, 0.05) is 55.7 Å². The molecule has 0 atom stereocenters. The van der Waals surface area contributed by atoms with E-state index in [9.17, 15) is 2.74 Å². The van der Waals surface area contributed by atoms with Crippen LogP contribution in [-0.4, -0.2) is 11.3 Å². The van der Waals surface area contributed by atoms with Crippen LogP contribution in [0.4, 0.5) is 34.1 Å². The quantitative estimate of drug-likeness (QED) is 0.142. The SMILES string of the molecule is [2H]c1c([2H])c([2H])c(-c2ccc3c(c2)N(c2c(-c4ccccc4)ccc4oc5ccccc5c24)c2cc(-c4cc(C(C)(C)C)cc(C(C)(C)C)c4)cc4c2B3c2ccc(-c3cc(C(C)(C)C)cc(C(C)(C)C)c3)cc2N4c2c(-c3ccccc3)ccc3c2c2ccccc2n3-c2ccccc2)c([2H])c1[2H]. The molecule has 17 rings (SSSR count). The third-order valence-electron chi connectivity index (χ3n) is 20.8. The molecule has 99 heavy (non-hydrogen) atoms. The molecule has 2 aliphatic rings.